The van der Waals surface area contributed by atoms with Gasteiger partial charge in [0.25, 0.3) is 5.91 Å². The van der Waals surface area contributed by atoms with Crippen molar-refractivity contribution in [2.45, 2.75) is 25.0 Å². The number of hydrogen-bond donors (Lipinski definition) is 2. The Labute approximate surface area is 110 Å². The summed E-state index contributed by atoms with van der Waals surface area (Å²) >= 11 is 0. The smallest absolute Gasteiger partial charge is 0.326 e. The molecular weight excluding hydrogens is 246 g/mol. The summed E-state index contributed by atoms with van der Waals surface area (Å²) in [6.07, 6.45) is 1.44. The minimum absolute atomic E-state index is 0.181. The van der Waals surface area contributed by atoms with Crippen LogP contribution in [-0.2, 0) is 16.0 Å². The first-order valence-corrected chi connectivity index (χ1v) is 6.00. The van der Waals surface area contributed by atoms with Gasteiger partial charge in [0.1, 0.15) is 11.8 Å². The molecule has 0 saturated heterocycles. The van der Waals surface area contributed by atoms with Gasteiger partial charge in [0, 0.05) is 6.42 Å². The van der Waals surface area contributed by atoms with Gasteiger partial charge in [-0.1, -0.05) is 24.3 Å². The molecule has 5 nitrogen and oxygen atoms in total. The summed E-state index contributed by atoms with van der Waals surface area (Å²) in [4.78, 5) is 22.9. The Bertz CT molecular complexity index is 487. The first kappa shape index (κ1) is 13.1. The predicted octanol–water partition coefficient (Wildman–Crippen LogP) is 1.14. The summed E-state index contributed by atoms with van der Waals surface area (Å²) < 4.78 is 5.50. The van der Waals surface area contributed by atoms with Gasteiger partial charge in [0.2, 0.25) is 0 Å². The summed E-state index contributed by atoms with van der Waals surface area (Å²) in [5.41, 5.74) is 0.957. The number of rotatable bonds is 5. The van der Waals surface area contributed by atoms with E-state index >= 15 is 0 Å². The third kappa shape index (κ3) is 2.93. The zero-order valence-electron chi connectivity index (χ0n) is 10.3. The summed E-state index contributed by atoms with van der Waals surface area (Å²) in [7, 11) is 0. The number of hydrogen-bond acceptors (Lipinski definition) is 3. The van der Waals surface area contributed by atoms with E-state index in [-0.39, 0.29) is 6.42 Å². The van der Waals surface area contributed by atoms with Gasteiger partial charge >= 0.3 is 5.97 Å². The number of amides is 1. The number of fused-ring (bicyclic) bond motifs is 1. The molecule has 2 N–H and O–H groups in total. The van der Waals surface area contributed by atoms with E-state index in [4.69, 9.17) is 9.84 Å². The van der Waals surface area contributed by atoms with Crippen LogP contribution >= 0.6 is 0 Å². The largest absolute Gasteiger partial charge is 0.480 e. The van der Waals surface area contributed by atoms with Gasteiger partial charge in [-0.3, -0.25) is 4.79 Å². The monoisotopic (exact) mass is 261 g/mol. The fraction of sp³-hybridized carbons (Fsp3) is 0.286. The van der Waals surface area contributed by atoms with E-state index in [9.17, 15) is 9.59 Å². The molecule has 0 spiro atoms. The quantitative estimate of drug-likeness (QED) is 0.779. The lowest BCUT2D eigenvalue weighted by Gasteiger charge is -2.16. The lowest BCUT2D eigenvalue weighted by molar-refractivity contribution is -0.142. The van der Waals surface area contributed by atoms with E-state index in [0.717, 1.165) is 5.56 Å². The molecule has 1 aliphatic rings. The maximum Gasteiger partial charge on any atom is 0.326 e. The molecule has 0 bridgehead atoms. The highest BCUT2D eigenvalue weighted by atomic mass is 16.5. The molecule has 1 aliphatic heterocycles. The van der Waals surface area contributed by atoms with Crippen LogP contribution in [0.15, 0.2) is 36.9 Å². The number of carboxylic acid groups (broad SMARTS) is 1. The molecule has 0 aromatic heterocycles. The molecule has 1 amide bonds. The molecule has 0 fully saturated rings. The van der Waals surface area contributed by atoms with Crippen molar-refractivity contribution in [1.29, 1.82) is 0 Å². The fourth-order valence-corrected chi connectivity index (χ4v) is 1.98. The Morgan fingerprint density at radius 1 is 1.53 bits per heavy atom. The predicted molar refractivity (Wildman–Crippen MR) is 68.9 cm³/mol. The van der Waals surface area contributed by atoms with Crippen LogP contribution in [0.4, 0.5) is 0 Å². The summed E-state index contributed by atoms with van der Waals surface area (Å²) in [5.74, 6) is -0.813. The Balaban J connectivity index is 1.99. The molecule has 100 valence electrons. The number of para-hydroxylation sites is 1. The highest BCUT2D eigenvalue weighted by molar-refractivity contribution is 5.87. The third-order valence-corrected chi connectivity index (χ3v) is 2.96. The molecule has 19 heavy (non-hydrogen) atoms. The van der Waals surface area contributed by atoms with Gasteiger partial charge in [-0.05, 0) is 18.1 Å². The zero-order chi connectivity index (χ0) is 13.8. The van der Waals surface area contributed by atoms with Crippen molar-refractivity contribution in [3.8, 4) is 5.75 Å². The van der Waals surface area contributed by atoms with Crippen LogP contribution in [0.1, 0.15) is 12.0 Å². The van der Waals surface area contributed by atoms with Crippen molar-refractivity contribution >= 4 is 11.9 Å². The first-order chi connectivity index (χ1) is 9.11. The van der Waals surface area contributed by atoms with Crippen molar-refractivity contribution in [2.24, 2.45) is 0 Å². The average molecular weight is 261 g/mol. The van der Waals surface area contributed by atoms with Gasteiger partial charge in [-0.25, -0.2) is 4.79 Å². The molecule has 1 aromatic rings. The van der Waals surface area contributed by atoms with Gasteiger partial charge in [-0.15, -0.1) is 6.58 Å². The Morgan fingerprint density at radius 3 is 2.89 bits per heavy atom. The van der Waals surface area contributed by atoms with Crippen LogP contribution in [0.3, 0.4) is 0 Å². The lowest BCUT2D eigenvalue weighted by Crippen LogP contribution is -2.46. The Hall–Kier alpha value is -2.30. The highest BCUT2D eigenvalue weighted by Gasteiger charge is 2.31. The summed E-state index contributed by atoms with van der Waals surface area (Å²) in [6.45, 7) is 3.47. The molecule has 2 rings (SSSR count). The maximum absolute atomic E-state index is 12.0. The number of carbonyl (C=O) groups is 2. The highest BCUT2D eigenvalue weighted by Crippen LogP contribution is 2.28. The van der Waals surface area contributed by atoms with Crippen molar-refractivity contribution in [3.63, 3.8) is 0 Å². The number of carboxylic acids is 1. The van der Waals surface area contributed by atoms with Gasteiger partial charge in [0.15, 0.2) is 6.10 Å². The van der Waals surface area contributed by atoms with E-state index in [0.29, 0.717) is 12.2 Å². The van der Waals surface area contributed by atoms with Crippen molar-refractivity contribution < 1.29 is 19.4 Å². The van der Waals surface area contributed by atoms with Crippen molar-refractivity contribution in [3.05, 3.63) is 42.5 Å². The molecular formula is C14H15NO4. The van der Waals surface area contributed by atoms with Crippen LogP contribution in [0, 0.1) is 0 Å². The molecule has 1 heterocycles. The van der Waals surface area contributed by atoms with E-state index < -0.39 is 24.0 Å². The second-order valence-corrected chi connectivity index (χ2v) is 4.34. The second-order valence-electron chi connectivity index (χ2n) is 4.34. The summed E-state index contributed by atoms with van der Waals surface area (Å²) in [5, 5.41) is 11.4. The van der Waals surface area contributed by atoms with Crippen molar-refractivity contribution in [1.82, 2.24) is 5.32 Å². The number of benzene rings is 1. The van der Waals surface area contributed by atoms with E-state index in [2.05, 4.69) is 11.9 Å². The van der Waals surface area contributed by atoms with Crippen molar-refractivity contribution in [2.75, 3.05) is 0 Å². The molecule has 1 aromatic carbocycles. The third-order valence-electron chi connectivity index (χ3n) is 2.96. The maximum atomic E-state index is 12.0. The zero-order valence-corrected chi connectivity index (χ0v) is 10.3. The lowest BCUT2D eigenvalue weighted by atomic mass is 10.1. The van der Waals surface area contributed by atoms with Gasteiger partial charge in [0.05, 0.1) is 0 Å². The van der Waals surface area contributed by atoms with E-state index in [1.54, 1.807) is 6.07 Å². The molecule has 2 atom stereocenters. The average Bonchev–Trinajstić information content (AvgIpc) is 2.81. The SMILES string of the molecule is C=CCC(NC(=O)C1Cc2ccccc2O1)C(=O)O. The van der Waals surface area contributed by atoms with Crippen LogP contribution < -0.4 is 10.1 Å². The van der Waals surface area contributed by atoms with Crippen LogP contribution in [0.25, 0.3) is 0 Å². The van der Waals surface area contributed by atoms with Crippen LogP contribution in [-0.4, -0.2) is 29.1 Å². The fourth-order valence-electron chi connectivity index (χ4n) is 1.98. The number of nitrogens with one attached hydrogen (secondary N) is 1. The molecule has 0 radical (unpaired) electrons. The summed E-state index contributed by atoms with van der Waals surface area (Å²) in [6, 6.07) is 6.43. The topological polar surface area (TPSA) is 75.6 Å². The van der Waals surface area contributed by atoms with Crippen LogP contribution in [0.2, 0.25) is 0 Å². The number of aliphatic carboxylic acids is 1. The second kappa shape index (κ2) is 5.56. The number of ether oxygens (including phenoxy) is 1. The normalized spacial score (nSPS) is 18.0. The molecule has 0 saturated carbocycles. The van der Waals surface area contributed by atoms with Crippen LogP contribution in [0.5, 0.6) is 5.75 Å². The standard InChI is InChI=1S/C14H15NO4/c1-2-5-10(14(17)18)15-13(16)12-8-9-6-3-4-7-11(9)19-12/h2-4,6-7,10,12H,1,5,8H2,(H,15,16)(H,17,18). The van der Waals surface area contributed by atoms with Gasteiger partial charge < -0.3 is 15.2 Å². The molecule has 2 unspecified atom stereocenters. The first-order valence-electron chi connectivity index (χ1n) is 6.00. The minimum atomic E-state index is -1.08. The Kier molecular flexibility index (Phi) is 3.85. The Morgan fingerprint density at radius 2 is 2.26 bits per heavy atom. The van der Waals surface area contributed by atoms with E-state index in [1.165, 1.54) is 6.08 Å². The minimum Gasteiger partial charge on any atom is -0.480 e. The molecule has 0 aliphatic carbocycles. The van der Waals surface area contributed by atoms with E-state index in [1.807, 2.05) is 18.2 Å². The number of carbonyl (C=O) groups excluding carboxylic acids is 1. The molecule has 5 heteroatoms. The van der Waals surface area contributed by atoms with Gasteiger partial charge in [-0.2, -0.15) is 0 Å².